The third kappa shape index (κ3) is 2.82. The summed E-state index contributed by atoms with van der Waals surface area (Å²) in [6.45, 7) is 3.66. The maximum atomic E-state index is 13.1. The lowest BCUT2D eigenvalue weighted by molar-refractivity contribution is 0.628. The molecule has 7 nitrogen and oxygen atoms in total. The Labute approximate surface area is 131 Å². The van der Waals surface area contributed by atoms with Gasteiger partial charge in [0.1, 0.15) is 18.5 Å². The summed E-state index contributed by atoms with van der Waals surface area (Å²) in [4.78, 5) is 17.0. The van der Waals surface area contributed by atoms with Crippen LogP contribution in [0.2, 0.25) is 0 Å². The van der Waals surface area contributed by atoms with Crippen LogP contribution in [0.15, 0.2) is 54.7 Å². The predicted octanol–water partition coefficient (Wildman–Crippen LogP) is 2.08. The standard InChI is InChI=1S/C15H12FN7/c1-2-23(21-8-17)15-13-14(19-9-20-15)18-7-12(22-13)10-3-5-11(16)6-4-10/h2-9H,1H2,(H2,17,21). The molecule has 0 aliphatic heterocycles. The third-order valence-corrected chi connectivity index (χ3v) is 3.05. The Balaban J connectivity index is 2.17. The van der Waals surface area contributed by atoms with Crippen molar-refractivity contribution in [3.63, 3.8) is 0 Å². The maximum Gasteiger partial charge on any atom is 0.184 e. The Hall–Kier alpha value is -3.42. The van der Waals surface area contributed by atoms with Crippen molar-refractivity contribution < 1.29 is 4.39 Å². The van der Waals surface area contributed by atoms with Crippen molar-refractivity contribution in [2.45, 2.75) is 0 Å². The molecule has 0 fully saturated rings. The molecule has 0 atom stereocenters. The molecule has 2 N–H and O–H groups in total. The van der Waals surface area contributed by atoms with Gasteiger partial charge in [0, 0.05) is 11.8 Å². The largest absolute Gasteiger partial charge is 0.388 e. The van der Waals surface area contributed by atoms with E-state index in [1.54, 1.807) is 18.3 Å². The normalized spacial score (nSPS) is 11.0. The van der Waals surface area contributed by atoms with Gasteiger partial charge in [-0.05, 0) is 24.3 Å². The highest BCUT2D eigenvalue weighted by molar-refractivity contribution is 5.85. The first-order valence-corrected chi connectivity index (χ1v) is 6.62. The van der Waals surface area contributed by atoms with Crippen molar-refractivity contribution in [1.82, 2.24) is 19.9 Å². The number of rotatable bonds is 4. The molecule has 0 unspecified atom stereocenters. The number of halogens is 1. The first kappa shape index (κ1) is 14.5. The molecule has 0 radical (unpaired) electrons. The Morgan fingerprint density at radius 2 is 1.96 bits per heavy atom. The van der Waals surface area contributed by atoms with E-state index >= 15 is 0 Å². The number of anilines is 1. The molecular weight excluding hydrogens is 297 g/mol. The molecule has 0 spiro atoms. The number of hydrazone groups is 1. The van der Waals surface area contributed by atoms with Gasteiger partial charge in [-0.2, -0.15) is 5.10 Å². The van der Waals surface area contributed by atoms with Crippen molar-refractivity contribution in [3.8, 4) is 11.3 Å². The van der Waals surface area contributed by atoms with E-state index in [4.69, 9.17) is 5.73 Å². The Morgan fingerprint density at radius 1 is 1.17 bits per heavy atom. The topological polar surface area (TPSA) is 93.2 Å². The predicted molar refractivity (Wildman–Crippen MR) is 85.9 cm³/mol. The smallest absolute Gasteiger partial charge is 0.184 e. The fourth-order valence-corrected chi connectivity index (χ4v) is 2.01. The molecule has 0 saturated carbocycles. The van der Waals surface area contributed by atoms with Crippen LogP contribution in [0.25, 0.3) is 22.4 Å². The molecule has 2 aromatic heterocycles. The SMILES string of the molecule is C=CN(/N=C\N)c1ncnc2ncc(-c3ccc(F)cc3)nc12. The zero-order valence-corrected chi connectivity index (χ0v) is 12.0. The van der Waals surface area contributed by atoms with E-state index in [9.17, 15) is 4.39 Å². The molecule has 0 aliphatic carbocycles. The van der Waals surface area contributed by atoms with Gasteiger partial charge in [0.2, 0.25) is 0 Å². The molecule has 1 aromatic carbocycles. The van der Waals surface area contributed by atoms with Gasteiger partial charge in [-0.25, -0.2) is 29.3 Å². The summed E-state index contributed by atoms with van der Waals surface area (Å²) in [5.41, 5.74) is 7.45. The van der Waals surface area contributed by atoms with E-state index in [1.165, 1.54) is 29.7 Å². The first-order valence-electron chi connectivity index (χ1n) is 6.62. The number of hydrogen-bond acceptors (Lipinski definition) is 6. The van der Waals surface area contributed by atoms with Gasteiger partial charge < -0.3 is 5.73 Å². The maximum absolute atomic E-state index is 13.1. The second-order valence-corrected chi connectivity index (χ2v) is 4.42. The van der Waals surface area contributed by atoms with E-state index in [2.05, 4.69) is 31.6 Å². The molecule has 8 heteroatoms. The fraction of sp³-hybridized carbons (Fsp3) is 0. The second kappa shape index (κ2) is 6.14. The van der Waals surface area contributed by atoms with Gasteiger partial charge >= 0.3 is 0 Å². The van der Waals surface area contributed by atoms with E-state index in [1.807, 2.05) is 0 Å². The Morgan fingerprint density at radius 3 is 2.65 bits per heavy atom. The van der Waals surface area contributed by atoms with Crippen molar-refractivity contribution in [1.29, 1.82) is 0 Å². The van der Waals surface area contributed by atoms with Gasteiger partial charge in [0.15, 0.2) is 17.0 Å². The van der Waals surface area contributed by atoms with Crippen LogP contribution in [0.3, 0.4) is 0 Å². The van der Waals surface area contributed by atoms with Gasteiger partial charge in [-0.15, -0.1) is 0 Å². The minimum Gasteiger partial charge on any atom is -0.388 e. The number of hydrogen-bond donors (Lipinski definition) is 1. The first-order chi connectivity index (χ1) is 11.2. The van der Waals surface area contributed by atoms with Crippen LogP contribution >= 0.6 is 0 Å². The van der Waals surface area contributed by atoms with Gasteiger partial charge in [0.05, 0.1) is 11.9 Å². The zero-order chi connectivity index (χ0) is 16.2. The summed E-state index contributed by atoms with van der Waals surface area (Å²) in [5.74, 6) is 0.0739. The highest BCUT2D eigenvalue weighted by Crippen LogP contribution is 2.24. The molecule has 0 bridgehead atoms. The average Bonchev–Trinajstić information content (AvgIpc) is 2.59. The lowest BCUT2D eigenvalue weighted by atomic mass is 10.1. The quantitative estimate of drug-likeness (QED) is 0.450. The molecule has 2 heterocycles. The van der Waals surface area contributed by atoms with Crippen molar-refractivity contribution in [2.75, 3.05) is 5.01 Å². The van der Waals surface area contributed by atoms with Gasteiger partial charge in [-0.3, -0.25) is 0 Å². The Kier molecular flexibility index (Phi) is 3.88. The van der Waals surface area contributed by atoms with Crippen LogP contribution in [0, 0.1) is 5.82 Å². The number of nitrogens with two attached hydrogens (primary N) is 1. The second-order valence-electron chi connectivity index (χ2n) is 4.42. The molecule has 0 saturated heterocycles. The lowest BCUT2D eigenvalue weighted by Gasteiger charge is -2.13. The minimum absolute atomic E-state index is 0.318. The van der Waals surface area contributed by atoms with Crippen LogP contribution in [-0.4, -0.2) is 26.3 Å². The summed E-state index contributed by atoms with van der Waals surface area (Å²) in [5, 5.41) is 5.31. The summed E-state index contributed by atoms with van der Waals surface area (Å²) in [7, 11) is 0. The number of benzene rings is 1. The molecule has 0 aliphatic rings. The van der Waals surface area contributed by atoms with Crippen molar-refractivity contribution in [3.05, 3.63) is 55.4 Å². The van der Waals surface area contributed by atoms with Crippen LogP contribution in [-0.2, 0) is 0 Å². The van der Waals surface area contributed by atoms with E-state index < -0.39 is 0 Å². The van der Waals surface area contributed by atoms with Gasteiger partial charge in [0.25, 0.3) is 0 Å². The highest BCUT2D eigenvalue weighted by Gasteiger charge is 2.13. The number of fused-ring (bicyclic) bond motifs is 1. The molecule has 0 amide bonds. The van der Waals surface area contributed by atoms with E-state index in [0.717, 1.165) is 11.9 Å². The van der Waals surface area contributed by atoms with E-state index in [-0.39, 0.29) is 5.82 Å². The summed E-state index contributed by atoms with van der Waals surface area (Å²) < 4.78 is 13.1. The summed E-state index contributed by atoms with van der Waals surface area (Å²) in [6.07, 6.45) is 5.48. The summed E-state index contributed by atoms with van der Waals surface area (Å²) in [6, 6.07) is 5.96. The van der Waals surface area contributed by atoms with E-state index in [0.29, 0.717) is 22.7 Å². The summed E-state index contributed by atoms with van der Waals surface area (Å²) >= 11 is 0. The monoisotopic (exact) mass is 309 g/mol. The average molecular weight is 309 g/mol. The fourth-order valence-electron chi connectivity index (χ4n) is 2.01. The molecule has 3 rings (SSSR count). The van der Waals surface area contributed by atoms with Gasteiger partial charge in [-0.1, -0.05) is 6.58 Å². The minimum atomic E-state index is -0.318. The molecule has 23 heavy (non-hydrogen) atoms. The molecular formula is C15H12FN7. The number of nitrogens with zero attached hydrogens (tertiary/aromatic N) is 6. The molecule has 3 aromatic rings. The van der Waals surface area contributed by atoms with Crippen LogP contribution < -0.4 is 10.7 Å². The molecule has 114 valence electrons. The Bertz CT molecular complexity index is 877. The highest BCUT2D eigenvalue weighted by atomic mass is 19.1. The van der Waals surface area contributed by atoms with Crippen LogP contribution in [0.5, 0.6) is 0 Å². The van der Waals surface area contributed by atoms with Crippen molar-refractivity contribution >= 4 is 23.3 Å². The van der Waals surface area contributed by atoms with Crippen LogP contribution in [0.4, 0.5) is 10.2 Å². The third-order valence-electron chi connectivity index (χ3n) is 3.05. The van der Waals surface area contributed by atoms with Crippen molar-refractivity contribution in [2.24, 2.45) is 10.8 Å². The van der Waals surface area contributed by atoms with Crippen LogP contribution in [0.1, 0.15) is 0 Å². The lowest BCUT2D eigenvalue weighted by Crippen LogP contribution is -2.12. The number of aromatic nitrogens is 4. The zero-order valence-electron chi connectivity index (χ0n) is 12.0.